The maximum Gasteiger partial charge on any atom is 0.274 e. The maximum atomic E-state index is 12.3. The molecular weight excluding hydrogens is 286 g/mol. The molecule has 0 aliphatic heterocycles. The molecule has 0 unspecified atom stereocenters. The van der Waals surface area contributed by atoms with Gasteiger partial charge in [0.15, 0.2) is 0 Å². The van der Waals surface area contributed by atoms with Crippen molar-refractivity contribution >= 4 is 17.3 Å². The van der Waals surface area contributed by atoms with Crippen molar-refractivity contribution in [3.8, 4) is 0 Å². The summed E-state index contributed by atoms with van der Waals surface area (Å²) in [6.45, 7) is 0. The van der Waals surface area contributed by atoms with E-state index in [1.165, 1.54) is 0 Å². The van der Waals surface area contributed by atoms with Crippen LogP contribution in [0.15, 0.2) is 79.0 Å². The van der Waals surface area contributed by atoms with E-state index in [2.05, 4.69) is 10.3 Å². The zero-order valence-electron chi connectivity index (χ0n) is 12.4. The number of carbonyl (C=O) groups is 1. The first-order valence-corrected chi connectivity index (χ1v) is 7.21. The lowest BCUT2D eigenvalue weighted by Gasteiger charge is -2.12. The smallest absolute Gasteiger partial charge is 0.274 e. The van der Waals surface area contributed by atoms with Crippen molar-refractivity contribution in [3.63, 3.8) is 0 Å². The summed E-state index contributed by atoms with van der Waals surface area (Å²) in [6, 6.07) is 21.9. The molecule has 1 heterocycles. The number of nitrogens with zero attached hydrogens (tertiary/aromatic N) is 1. The van der Waals surface area contributed by atoms with Crippen LogP contribution < -0.4 is 5.32 Å². The lowest BCUT2D eigenvalue weighted by molar-refractivity contribution is 0.102. The Labute approximate surface area is 134 Å². The van der Waals surface area contributed by atoms with Gasteiger partial charge in [0.1, 0.15) is 5.69 Å². The molecule has 4 heteroatoms. The van der Waals surface area contributed by atoms with Crippen LogP contribution in [0.4, 0.5) is 5.69 Å². The first kappa shape index (κ1) is 14.7. The summed E-state index contributed by atoms with van der Waals surface area (Å²) >= 11 is 0. The molecular formula is C19H15N3O. The Morgan fingerprint density at radius 1 is 0.870 bits per heavy atom. The number of pyridine rings is 1. The molecule has 112 valence electrons. The Morgan fingerprint density at radius 3 is 2.30 bits per heavy atom. The fourth-order valence-electron chi connectivity index (χ4n) is 2.25. The van der Waals surface area contributed by atoms with Crippen molar-refractivity contribution in [2.45, 2.75) is 0 Å². The molecule has 3 aromatic rings. The zero-order valence-corrected chi connectivity index (χ0v) is 12.4. The van der Waals surface area contributed by atoms with Gasteiger partial charge in [-0.1, -0.05) is 54.6 Å². The van der Waals surface area contributed by atoms with Gasteiger partial charge in [-0.05, 0) is 18.2 Å². The number of anilines is 1. The summed E-state index contributed by atoms with van der Waals surface area (Å²) in [5, 5.41) is 11.2. The minimum atomic E-state index is -0.293. The van der Waals surface area contributed by atoms with Crippen LogP contribution in [0.5, 0.6) is 0 Å². The first-order valence-electron chi connectivity index (χ1n) is 7.21. The van der Waals surface area contributed by atoms with Gasteiger partial charge >= 0.3 is 0 Å². The first-order chi connectivity index (χ1) is 11.3. The van der Waals surface area contributed by atoms with E-state index in [4.69, 9.17) is 5.41 Å². The van der Waals surface area contributed by atoms with Crippen LogP contribution >= 0.6 is 0 Å². The highest BCUT2D eigenvalue weighted by Crippen LogP contribution is 2.19. The molecule has 4 nitrogen and oxygen atoms in total. The van der Waals surface area contributed by atoms with Gasteiger partial charge in [0.2, 0.25) is 0 Å². The topological polar surface area (TPSA) is 65.8 Å². The molecule has 1 aromatic heterocycles. The predicted molar refractivity (Wildman–Crippen MR) is 91.0 cm³/mol. The van der Waals surface area contributed by atoms with Gasteiger partial charge in [0.05, 0.1) is 11.4 Å². The van der Waals surface area contributed by atoms with Crippen LogP contribution in [0.25, 0.3) is 0 Å². The molecule has 0 aliphatic carbocycles. The monoisotopic (exact) mass is 301 g/mol. The Hall–Kier alpha value is -3.27. The van der Waals surface area contributed by atoms with Crippen molar-refractivity contribution in [2.75, 3.05) is 5.32 Å². The molecule has 1 amide bonds. The highest BCUT2D eigenvalue weighted by atomic mass is 16.1. The third-order valence-corrected chi connectivity index (χ3v) is 3.40. The highest BCUT2D eigenvalue weighted by Gasteiger charge is 2.13. The lowest BCUT2D eigenvalue weighted by atomic mass is 10.0. The maximum absolute atomic E-state index is 12.3. The van der Waals surface area contributed by atoms with Gasteiger partial charge in [0, 0.05) is 17.3 Å². The molecule has 3 rings (SSSR count). The number of hydrogen-bond donors (Lipinski definition) is 2. The molecule has 23 heavy (non-hydrogen) atoms. The van der Waals surface area contributed by atoms with Gasteiger partial charge in [-0.15, -0.1) is 0 Å². The van der Waals surface area contributed by atoms with Crippen LogP contribution in [0.2, 0.25) is 0 Å². The Bertz CT molecular complexity index is 830. The van der Waals surface area contributed by atoms with E-state index in [-0.39, 0.29) is 5.91 Å². The molecule has 0 bridgehead atoms. The van der Waals surface area contributed by atoms with Gasteiger partial charge in [-0.3, -0.25) is 15.2 Å². The fourth-order valence-corrected chi connectivity index (χ4v) is 2.25. The van der Waals surface area contributed by atoms with E-state index >= 15 is 0 Å². The molecule has 0 aliphatic rings. The Morgan fingerprint density at radius 2 is 1.57 bits per heavy atom. The van der Waals surface area contributed by atoms with E-state index in [0.717, 1.165) is 5.56 Å². The van der Waals surface area contributed by atoms with Crippen LogP contribution in [0, 0.1) is 5.41 Å². The molecule has 0 radical (unpaired) electrons. The van der Waals surface area contributed by atoms with E-state index in [1.54, 1.807) is 30.5 Å². The van der Waals surface area contributed by atoms with Crippen LogP contribution in [0.3, 0.4) is 0 Å². The number of amides is 1. The van der Waals surface area contributed by atoms with Crippen LogP contribution in [0.1, 0.15) is 21.6 Å². The van der Waals surface area contributed by atoms with Gasteiger partial charge < -0.3 is 5.32 Å². The molecule has 2 N–H and O–H groups in total. The summed E-state index contributed by atoms with van der Waals surface area (Å²) in [5.41, 5.74) is 2.77. The second kappa shape index (κ2) is 6.66. The number of aromatic nitrogens is 1. The average Bonchev–Trinajstić information content (AvgIpc) is 2.63. The summed E-state index contributed by atoms with van der Waals surface area (Å²) in [4.78, 5) is 16.3. The van der Waals surface area contributed by atoms with E-state index in [9.17, 15) is 4.79 Å². The standard InChI is InChI=1S/C19H15N3O/c20-18(14-8-2-1-3-9-14)15-10-4-5-11-16(15)22-19(23)17-12-6-7-13-21-17/h1-13,20H,(H,22,23). The van der Waals surface area contributed by atoms with Crippen molar-refractivity contribution in [1.29, 1.82) is 5.41 Å². The Kier molecular flexibility index (Phi) is 4.25. The Balaban J connectivity index is 1.90. The number of carbonyl (C=O) groups excluding carboxylic acids is 1. The summed E-state index contributed by atoms with van der Waals surface area (Å²) in [6.07, 6.45) is 1.58. The summed E-state index contributed by atoms with van der Waals surface area (Å²) in [5.74, 6) is -0.293. The SMILES string of the molecule is N=C(c1ccccc1)c1ccccc1NC(=O)c1ccccn1. The van der Waals surface area contributed by atoms with Gasteiger partial charge in [-0.2, -0.15) is 0 Å². The summed E-state index contributed by atoms with van der Waals surface area (Å²) in [7, 11) is 0. The number of para-hydroxylation sites is 1. The van der Waals surface area contributed by atoms with E-state index in [0.29, 0.717) is 22.7 Å². The zero-order chi connectivity index (χ0) is 16.1. The average molecular weight is 301 g/mol. The minimum Gasteiger partial charge on any atom is -0.320 e. The van der Waals surface area contributed by atoms with Crippen LogP contribution in [-0.4, -0.2) is 16.6 Å². The van der Waals surface area contributed by atoms with E-state index < -0.39 is 0 Å². The number of rotatable bonds is 4. The van der Waals surface area contributed by atoms with Crippen LogP contribution in [-0.2, 0) is 0 Å². The molecule has 0 saturated heterocycles. The third-order valence-electron chi connectivity index (χ3n) is 3.40. The highest BCUT2D eigenvalue weighted by molar-refractivity contribution is 6.16. The minimum absolute atomic E-state index is 0.293. The molecule has 0 saturated carbocycles. The van der Waals surface area contributed by atoms with Crippen molar-refractivity contribution in [1.82, 2.24) is 4.98 Å². The quantitative estimate of drug-likeness (QED) is 0.721. The molecule has 0 atom stereocenters. The fraction of sp³-hybridized carbons (Fsp3) is 0. The largest absolute Gasteiger partial charge is 0.320 e. The number of benzene rings is 2. The second-order valence-corrected chi connectivity index (χ2v) is 4.96. The predicted octanol–water partition coefficient (Wildman–Crippen LogP) is 3.75. The second-order valence-electron chi connectivity index (χ2n) is 4.96. The molecule has 0 fully saturated rings. The molecule has 0 spiro atoms. The lowest BCUT2D eigenvalue weighted by Crippen LogP contribution is -2.16. The van der Waals surface area contributed by atoms with E-state index in [1.807, 2.05) is 48.5 Å². The number of nitrogens with one attached hydrogen (secondary N) is 2. The van der Waals surface area contributed by atoms with Crippen molar-refractivity contribution in [3.05, 3.63) is 95.8 Å². The third kappa shape index (κ3) is 3.32. The normalized spacial score (nSPS) is 10.1. The molecule has 2 aromatic carbocycles. The van der Waals surface area contributed by atoms with Gasteiger partial charge in [-0.25, -0.2) is 0 Å². The van der Waals surface area contributed by atoms with Crippen molar-refractivity contribution in [2.24, 2.45) is 0 Å². The van der Waals surface area contributed by atoms with Gasteiger partial charge in [0.25, 0.3) is 5.91 Å². The van der Waals surface area contributed by atoms with Crippen molar-refractivity contribution < 1.29 is 4.79 Å². The number of hydrogen-bond acceptors (Lipinski definition) is 3. The summed E-state index contributed by atoms with van der Waals surface area (Å²) < 4.78 is 0.